The molecule has 4 N–H and O–H groups in total. The van der Waals surface area contributed by atoms with Crippen molar-refractivity contribution in [3.05, 3.63) is 53.1 Å². The summed E-state index contributed by atoms with van der Waals surface area (Å²) in [5, 5.41) is 36.6. The van der Waals surface area contributed by atoms with Crippen molar-refractivity contribution in [3.63, 3.8) is 0 Å². The Balaban J connectivity index is 1.98. The fraction of sp³-hybridized carbons (Fsp3) is 0.480. The smallest absolute Gasteiger partial charge is 0.305 e. The number of rotatable bonds is 10. The van der Waals surface area contributed by atoms with Crippen molar-refractivity contribution in [1.29, 1.82) is 0 Å². The first-order chi connectivity index (χ1) is 16.2. The summed E-state index contributed by atoms with van der Waals surface area (Å²) in [5.74, 6) is -1.92. The lowest BCUT2D eigenvalue weighted by Crippen LogP contribution is -2.33. The molecule has 8 nitrogen and oxygen atoms in total. The van der Waals surface area contributed by atoms with E-state index in [1.54, 1.807) is 18.2 Å². The van der Waals surface area contributed by atoms with E-state index in [1.165, 1.54) is 22.9 Å². The number of aliphatic carboxylic acids is 1. The van der Waals surface area contributed by atoms with Crippen molar-refractivity contribution in [2.24, 2.45) is 0 Å². The lowest BCUT2D eigenvalue weighted by atomic mass is 9.98. The molecule has 0 saturated heterocycles. The minimum atomic E-state index is -1.20. The van der Waals surface area contributed by atoms with E-state index in [9.17, 15) is 24.2 Å². The number of halogens is 1. The highest BCUT2D eigenvalue weighted by molar-refractivity contribution is 5.95. The van der Waals surface area contributed by atoms with Gasteiger partial charge in [-0.1, -0.05) is 32.8 Å². The summed E-state index contributed by atoms with van der Waals surface area (Å²) in [6, 6.07) is 5.81. The lowest BCUT2D eigenvalue weighted by Gasteiger charge is -2.13. The van der Waals surface area contributed by atoms with Crippen molar-refractivity contribution in [2.45, 2.75) is 76.5 Å². The molecular formula is C25H32FN3O5. The zero-order valence-electron chi connectivity index (χ0n) is 19.4. The molecule has 0 aliphatic heterocycles. The maximum Gasteiger partial charge on any atom is 0.305 e. The summed E-state index contributed by atoms with van der Waals surface area (Å²) >= 11 is 0. The average molecular weight is 474 g/mol. The zero-order valence-corrected chi connectivity index (χ0v) is 19.4. The summed E-state index contributed by atoms with van der Waals surface area (Å²) < 4.78 is 15.1. The van der Waals surface area contributed by atoms with E-state index in [0.717, 1.165) is 25.7 Å². The number of aromatic nitrogens is 2. The van der Waals surface area contributed by atoms with Crippen LogP contribution in [0.4, 0.5) is 4.39 Å². The molecule has 1 amide bonds. The predicted octanol–water partition coefficient (Wildman–Crippen LogP) is 3.41. The van der Waals surface area contributed by atoms with Gasteiger partial charge in [0, 0.05) is 18.0 Å². The van der Waals surface area contributed by atoms with Gasteiger partial charge in [-0.25, -0.2) is 9.07 Å². The number of aliphatic hydroxyl groups excluding tert-OH is 2. The molecule has 184 valence electrons. The normalized spacial score (nSPS) is 16.3. The van der Waals surface area contributed by atoms with Crippen LogP contribution in [0.15, 0.2) is 30.3 Å². The summed E-state index contributed by atoms with van der Waals surface area (Å²) in [4.78, 5) is 23.9. The van der Waals surface area contributed by atoms with E-state index in [4.69, 9.17) is 5.11 Å². The monoisotopic (exact) mass is 473 g/mol. The van der Waals surface area contributed by atoms with Crippen LogP contribution >= 0.6 is 0 Å². The van der Waals surface area contributed by atoms with Gasteiger partial charge in [-0.15, -0.1) is 0 Å². The summed E-state index contributed by atoms with van der Waals surface area (Å²) in [7, 11) is 0. The molecule has 1 heterocycles. The fourth-order valence-corrected chi connectivity index (χ4v) is 4.29. The van der Waals surface area contributed by atoms with E-state index in [2.05, 4.69) is 10.4 Å². The van der Waals surface area contributed by atoms with Crippen LogP contribution in [-0.2, 0) is 4.79 Å². The van der Waals surface area contributed by atoms with Gasteiger partial charge in [0.1, 0.15) is 5.82 Å². The molecule has 1 aromatic heterocycles. The highest BCUT2D eigenvalue weighted by Gasteiger charge is 2.27. The molecule has 9 heteroatoms. The van der Waals surface area contributed by atoms with Gasteiger partial charge in [-0.2, -0.15) is 5.10 Å². The van der Waals surface area contributed by atoms with Crippen LogP contribution in [0.25, 0.3) is 11.8 Å². The van der Waals surface area contributed by atoms with Crippen molar-refractivity contribution >= 4 is 18.0 Å². The third kappa shape index (κ3) is 6.51. The number of aliphatic hydroxyl groups is 2. The van der Waals surface area contributed by atoms with Crippen molar-refractivity contribution < 1.29 is 29.3 Å². The first kappa shape index (κ1) is 25.6. The Bertz CT molecular complexity index is 1030. The van der Waals surface area contributed by atoms with Crippen LogP contribution in [0.5, 0.6) is 0 Å². The topological polar surface area (TPSA) is 125 Å². The Kier molecular flexibility index (Phi) is 8.57. The molecule has 34 heavy (non-hydrogen) atoms. The molecule has 1 saturated carbocycles. The number of carbonyl (C=O) groups is 2. The minimum Gasteiger partial charge on any atom is -0.481 e. The van der Waals surface area contributed by atoms with Gasteiger partial charge in [0.2, 0.25) is 0 Å². The summed E-state index contributed by atoms with van der Waals surface area (Å²) in [6.07, 6.45) is 4.12. The van der Waals surface area contributed by atoms with Gasteiger partial charge in [0.25, 0.3) is 5.91 Å². The molecule has 1 aliphatic rings. The predicted molar refractivity (Wildman–Crippen MR) is 125 cm³/mol. The van der Waals surface area contributed by atoms with E-state index >= 15 is 0 Å². The average Bonchev–Trinajstić information content (AvgIpc) is 3.39. The van der Waals surface area contributed by atoms with Gasteiger partial charge in [-0.05, 0) is 49.1 Å². The molecule has 0 radical (unpaired) electrons. The van der Waals surface area contributed by atoms with E-state index in [-0.39, 0.29) is 30.0 Å². The standard InChI is InChI=1S/C25H32FN3O5/c1-15(2)23-21(12-11-19(30)13-20(31)14-22(32)33)29(18-9-7-16(26)8-10-18)28-24(23)25(34)27-17-5-3-4-6-17/h7-12,15,17,19-20,30-31H,3-6,13-14H2,1-2H3,(H,27,34)(H,32,33)/t19-,20-/m1/s1. The van der Waals surface area contributed by atoms with Gasteiger partial charge < -0.3 is 20.6 Å². The Morgan fingerprint density at radius 3 is 2.44 bits per heavy atom. The highest BCUT2D eigenvalue weighted by atomic mass is 19.1. The largest absolute Gasteiger partial charge is 0.481 e. The van der Waals surface area contributed by atoms with Crippen LogP contribution in [-0.4, -0.2) is 55.2 Å². The molecule has 0 spiro atoms. The Hall–Kier alpha value is -3.04. The highest BCUT2D eigenvalue weighted by Crippen LogP contribution is 2.29. The summed E-state index contributed by atoms with van der Waals surface area (Å²) in [6.45, 7) is 3.87. The second-order valence-electron chi connectivity index (χ2n) is 9.06. The molecular weight excluding hydrogens is 441 g/mol. The number of benzene rings is 1. The molecule has 1 aliphatic carbocycles. The van der Waals surface area contributed by atoms with E-state index in [1.807, 2.05) is 13.8 Å². The van der Waals surface area contributed by atoms with Gasteiger partial charge >= 0.3 is 5.97 Å². The number of nitrogens with one attached hydrogen (secondary N) is 1. The maximum atomic E-state index is 13.5. The number of carboxylic acid groups (broad SMARTS) is 1. The molecule has 0 unspecified atom stereocenters. The van der Waals surface area contributed by atoms with Crippen LogP contribution in [0.1, 0.15) is 80.0 Å². The molecule has 2 aromatic rings. The number of hydrogen-bond acceptors (Lipinski definition) is 5. The van der Waals surface area contributed by atoms with Crippen LogP contribution < -0.4 is 5.32 Å². The van der Waals surface area contributed by atoms with Crippen LogP contribution in [0.2, 0.25) is 0 Å². The fourth-order valence-electron chi connectivity index (χ4n) is 4.29. The minimum absolute atomic E-state index is 0.0899. The Morgan fingerprint density at radius 2 is 1.85 bits per heavy atom. The lowest BCUT2D eigenvalue weighted by molar-refractivity contribution is -0.139. The Labute approximate surface area is 198 Å². The third-order valence-corrected chi connectivity index (χ3v) is 5.91. The second kappa shape index (κ2) is 11.4. The van der Waals surface area contributed by atoms with Crippen molar-refractivity contribution in [3.8, 4) is 5.69 Å². The number of hydrogen-bond donors (Lipinski definition) is 4. The number of carboxylic acids is 1. The second-order valence-corrected chi connectivity index (χ2v) is 9.06. The zero-order chi connectivity index (χ0) is 24.8. The molecule has 3 rings (SSSR count). The van der Waals surface area contributed by atoms with Crippen LogP contribution in [0.3, 0.4) is 0 Å². The van der Waals surface area contributed by atoms with Crippen LogP contribution in [0, 0.1) is 5.82 Å². The van der Waals surface area contributed by atoms with E-state index < -0.39 is 30.4 Å². The maximum absolute atomic E-state index is 13.5. The first-order valence-corrected chi connectivity index (χ1v) is 11.6. The summed E-state index contributed by atoms with van der Waals surface area (Å²) in [5.41, 5.74) is 2.04. The quantitative estimate of drug-likeness (QED) is 0.419. The van der Waals surface area contributed by atoms with E-state index in [0.29, 0.717) is 16.9 Å². The third-order valence-electron chi connectivity index (χ3n) is 5.91. The van der Waals surface area contributed by atoms with Gasteiger partial charge in [-0.3, -0.25) is 9.59 Å². The molecule has 1 aromatic carbocycles. The van der Waals surface area contributed by atoms with Crippen molar-refractivity contribution in [1.82, 2.24) is 15.1 Å². The molecule has 1 fully saturated rings. The number of carbonyl (C=O) groups excluding carboxylic acids is 1. The molecule has 0 bridgehead atoms. The van der Waals surface area contributed by atoms with Gasteiger partial charge in [0.15, 0.2) is 5.69 Å². The number of amides is 1. The molecule has 2 atom stereocenters. The Morgan fingerprint density at radius 1 is 1.21 bits per heavy atom. The van der Waals surface area contributed by atoms with Gasteiger partial charge in [0.05, 0.1) is 30.0 Å². The van der Waals surface area contributed by atoms with Crippen molar-refractivity contribution in [2.75, 3.05) is 0 Å². The SMILES string of the molecule is CC(C)c1c(C(=O)NC2CCCC2)nn(-c2ccc(F)cc2)c1C=C[C@@H](O)C[C@@H](O)CC(=O)O. The number of nitrogens with zero attached hydrogens (tertiary/aromatic N) is 2. The first-order valence-electron chi connectivity index (χ1n) is 11.6.